The lowest BCUT2D eigenvalue weighted by Crippen LogP contribution is -2.27. The van der Waals surface area contributed by atoms with Crippen LogP contribution in [0.3, 0.4) is 0 Å². The Morgan fingerprint density at radius 2 is 1.89 bits per heavy atom. The van der Waals surface area contributed by atoms with Crippen LogP contribution in [0.25, 0.3) is 0 Å². The maximum atomic E-state index is 3.73. The molecule has 0 bridgehead atoms. The molecule has 0 aromatic heterocycles. The van der Waals surface area contributed by atoms with Crippen molar-refractivity contribution in [3.8, 4) is 0 Å². The molecule has 3 heteroatoms. The highest BCUT2D eigenvalue weighted by molar-refractivity contribution is 9.10. The van der Waals surface area contributed by atoms with Gasteiger partial charge in [-0.25, -0.2) is 0 Å². The zero-order valence-electron chi connectivity index (χ0n) is 12.8. The summed E-state index contributed by atoms with van der Waals surface area (Å²) in [5.74, 6) is 0.673. The highest BCUT2D eigenvalue weighted by Gasteiger charge is 2.12. The predicted octanol–water partition coefficient (Wildman–Crippen LogP) is 4.60. The first-order valence-corrected chi connectivity index (χ1v) is 8.06. The lowest BCUT2D eigenvalue weighted by molar-refractivity contribution is 0.597. The minimum atomic E-state index is 0.399. The summed E-state index contributed by atoms with van der Waals surface area (Å²) in [4.78, 5) is 2.43. The Morgan fingerprint density at radius 1 is 1.21 bits per heavy atom. The molecule has 0 fully saturated rings. The molecule has 0 saturated carbocycles. The largest absolute Gasteiger partial charge is 0.371 e. The molecule has 1 unspecified atom stereocenters. The molecule has 0 aliphatic heterocycles. The lowest BCUT2D eigenvalue weighted by atomic mass is 10.1. The van der Waals surface area contributed by atoms with Crippen molar-refractivity contribution >= 4 is 21.6 Å². The summed E-state index contributed by atoms with van der Waals surface area (Å²) >= 11 is 3.73. The Labute approximate surface area is 126 Å². The number of nitrogens with zero attached hydrogens (tertiary/aromatic N) is 1. The van der Waals surface area contributed by atoms with Crippen molar-refractivity contribution in [2.24, 2.45) is 5.92 Å². The van der Waals surface area contributed by atoms with Crippen molar-refractivity contribution < 1.29 is 0 Å². The zero-order valence-corrected chi connectivity index (χ0v) is 14.4. The molecule has 1 aromatic carbocycles. The van der Waals surface area contributed by atoms with Crippen molar-refractivity contribution in [3.63, 3.8) is 0 Å². The summed E-state index contributed by atoms with van der Waals surface area (Å²) in [7, 11) is 0. The van der Waals surface area contributed by atoms with E-state index in [2.05, 4.69) is 79.0 Å². The first-order chi connectivity index (χ1) is 8.99. The average molecular weight is 327 g/mol. The third kappa shape index (κ3) is 4.81. The summed E-state index contributed by atoms with van der Waals surface area (Å²) in [5, 5.41) is 3.45. The summed E-state index contributed by atoms with van der Waals surface area (Å²) in [5.41, 5.74) is 2.63. The van der Waals surface area contributed by atoms with Gasteiger partial charge in [0.1, 0.15) is 0 Å². The molecule has 0 spiro atoms. The molecule has 0 saturated heterocycles. The molecule has 0 radical (unpaired) electrons. The summed E-state index contributed by atoms with van der Waals surface area (Å²) < 4.78 is 1.19. The molecule has 0 heterocycles. The van der Waals surface area contributed by atoms with E-state index in [-0.39, 0.29) is 0 Å². The van der Waals surface area contributed by atoms with Gasteiger partial charge in [-0.15, -0.1) is 0 Å². The molecule has 108 valence electrons. The molecular formula is C16H27BrN2. The van der Waals surface area contributed by atoms with E-state index in [1.54, 1.807) is 0 Å². The molecule has 0 amide bonds. The quantitative estimate of drug-likeness (QED) is 0.787. The van der Waals surface area contributed by atoms with E-state index < -0.39 is 0 Å². The van der Waals surface area contributed by atoms with E-state index in [0.717, 1.165) is 19.6 Å². The number of rotatable bonds is 7. The van der Waals surface area contributed by atoms with Crippen LogP contribution in [-0.4, -0.2) is 19.6 Å². The monoisotopic (exact) mass is 326 g/mol. The van der Waals surface area contributed by atoms with Crippen LogP contribution in [0, 0.1) is 5.92 Å². The molecular weight excluding hydrogens is 300 g/mol. The fraction of sp³-hybridized carbons (Fsp3) is 0.625. The van der Waals surface area contributed by atoms with Crippen LogP contribution in [0.1, 0.15) is 46.2 Å². The summed E-state index contributed by atoms with van der Waals surface area (Å²) in [6, 6.07) is 7.11. The van der Waals surface area contributed by atoms with Crippen LogP contribution < -0.4 is 10.2 Å². The highest BCUT2D eigenvalue weighted by Crippen LogP contribution is 2.29. The third-order valence-electron chi connectivity index (χ3n) is 3.29. The number of halogens is 1. The lowest BCUT2D eigenvalue weighted by Gasteiger charge is -2.27. The average Bonchev–Trinajstić information content (AvgIpc) is 2.36. The Bertz CT molecular complexity index is 390. The topological polar surface area (TPSA) is 15.3 Å². The SMILES string of the molecule is CCNC(C)c1ccc(N(CC)CC(C)C)c(Br)c1. The molecule has 19 heavy (non-hydrogen) atoms. The Kier molecular flexibility index (Phi) is 6.87. The van der Waals surface area contributed by atoms with Crippen molar-refractivity contribution in [2.45, 2.75) is 40.7 Å². The minimum Gasteiger partial charge on any atom is -0.371 e. The second-order valence-electron chi connectivity index (χ2n) is 5.42. The number of nitrogens with one attached hydrogen (secondary N) is 1. The normalized spacial score (nSPS) is 12.8. The second-order valence-corrected chi connectivity index (χ2v) is 6.28. The van der Waals surface area contributed by atoms with E-state index in [9.17, 15) is 0 Å². The number of hydrogen-bond acceptors (Lipinski definition) is 2. The molecule has 2 nitrogen and oxygen atoms in total. The Morgan fingerprint density at radius 3 is 2.37 bits per heavy atom. The fourth-order valence-electron chi connectivity index (χ4n) is 2.31. The van der Waals surface area contributed by atoms with Gasteiger partial charge < -0.3 is 10.2 Å². The van der Waals surface area contributed by atoms with Gasteiger partial charge in [0.2, 0.25) is 0 Å². The van der Waals surface area contributed by atoms with Crippen molar-refractivity contribution in [1.82, 2.24) is 5.32 Å². The molecule has 0 aliphatic rings. The van der Waals surface area contributed by atoms with Gasteiger partial charge in [-0.2, -0.15) is 0 Å². The van der Waals surface area contributed by atoms with Gasteiger partial charge >= 0.3 is 0 Å². The van der Waals surface area contributed by atoms with Crippen molar-refractivity contribution in [2.75, 3.05) is 24.5 Å². The standard InChI is InChI=1S/C16H27BrN2/c1-6-18-13(5)14-8-9-16(15(17)10-14)19(7-2)11-12(3)4/h8-10,12-13,18H,6-7,11H2,1-5H3. The summed E-state index contributed by atoms with van der Waals surface area (Å²) in [6.07, 6.45) is 0. The predicted molar refractivity (Wildman–Crippen MR) is 89.0 cm³/mol. The van der Waals surface area contributed by atoms with Crippen LogP contribution in [0.5, 0.6) is 0 Å². The maximum Gasteiger partial charge on any atom is 0.0510 e. The second kappa shape index (κ2) is 7.91. The minimum absolute atomic E-state index is 0.399. The Hall–Kier alpha value is -0.540. The van der Waals surface area contributed by atoms with Crippen LogP contribution >= 0.6 is 15.9 Å². The number of hydrogen-bond donors (Lipinski definition) is 1. The molecule has 1 aromatic rings. The molecule has 0 aliphatic carbocycles. The smallest absolute Gasteiger partial charge is 0.0510 e. The molecule has 1 rings (SSSR count). The van der Waals surface area contributed by atoms with Gasteiger partial charge in [-0.1, -0.05) is 26.8 Å². The fourth-order valence-corrected chi connectivity index (χ4v) is 2.96. The van der Waals surface area contributed by atoms with Gasteiger partial charge in [0.15, 0.2) is 0 Å². The van der Waals surface area contributed by atoms with Crippen molar-refractivity contribution in [3.05, 3.63) is 28.2 Å². The number of anilines is 1. The van der Waals surface area contributed by atoms with E-state index in [0.29, 0.717) is 12.0 Å². The number of benzene rings is 1. The van der Waals surface area contributed by atoms with Gasteiger partial charge in [0.25, 0.3) is 0 Å². The van der Waals surface area contributed by atoms with E-state index in [4.69, 9.17) is 0 Å². The van der Waals surface area contributed by atoms with Crippen LogP contribution in [0.2, 0.25) is 0 Å². The van der Waals surface area contributed by atoms with Crippen molar-refractivity contribution in [1.29, 1.82) is 0 Å². The van der Waals surface area contributed by atoms with E-state index >= 15 is 0 Å². The summed E-state index contributed by atoms with van der Waals surface area (Å²) in [6.45, 7) is 14.2. The molecule has 1 atom stereocenters. The van der Waals surface area contributed by atoms with Crippen LogP contribution in [0.4, 0.5) is 5.69 Å². The van der Waals surface area contributed by atoms with Gasteiger partial charge in [-0.3, -0.25) is 0 Å². The van der Waals surface area contributed by atoms with Crippen LogP contribution in [0.15, 0.2) is 22.7 Å². The van der Waals surface area contributed by atoms with E-state index in [1.807, 2.05) is 0 Å². The maximum absolute atomic E-state index is 3.73. The first kappa shape index (κ1) is 16.5. The van der Waals surface area contributed by atoms with E-state index in [1.165, 1.54) is 15.7 Å². The Balaban J connectivity index is 2.92. The highest BCUT2D eigenvalue weighted by atomic mass is 79.9. The zero-order chi connectivity index (χ0) is 14.4. The van der Waals surface area contributed by atoms with Crippen LogP contribution in [-0.2, 0) is 0 Å². The van der Waals surface area contributed by atoms with Gasteiger partial charge in [-0.05, 0) is 59.9 Å². The molecule has 1 N–H and O–H groups in total. The van der Waals surface area contributed by atoms with Gasteiger partial charge in [0.05, 0.1) is 5.69 Å². The first-order valence-electron chi connectivity index (χ1n) is 7.27. The third-order valence-corrected chi connectivity index (χ3v) is 3.93. The van der Waals surface area contributed by atoms with Gasteiger partial charge in [0, 0.05) is 23.6 Å².